The zero-order chi connectivity index (χ0) is 32.8. The molecule has 1 aromatic rings. The Morgan fingerprint density at radius 2 is 1.91 bits per heavy atom. The van der Waals surface area contributed by atoms with Gasteiger partial charge in [-0.1, -0.05) is 51.3 Å². The molecule has 4 fully saturated rings. The van der Waals surface area contributed by atoms with Crippen LogP contribution in [-0.2, 0) is 18.9 Å². The van der Waals surface area contributed by atoms with E-state index < -0.39 is 29.7 Å². The van der Waals surface area contributed by atoms with E-state index in [2.05, 4.69) is 50.2 Å². The highest BCUT2D eigenvalue weighted by Crippen LogP contribution is 2.65. The first-order valence-corrected chi connectivity index (χ1v) is 16.1. The summed E-state index contributed by atoms with van der Waals surface area (Å²) in [5.74, 6) is 0.631. The number of rotatable bonds is 16. The van der Waals surface area contributed by atoms with Crippen molar-refractivity contribution in [2.75, 3.05) is 13.2 Å². The number of guanidine groups is 1. The molecule has 14 heteroatoms. The number of benzene rings is 1. The summed E-state index contributed by atoms with van der Waals surface area (Å²) in [5.41, 5.74) is 7.11. The van der Waals surface area contributed by atoms with Gasteiger partial charge in [-0.2, -0.15) is 0 Å². The van der Waals surface area contributed by atoms with Crippen LogP contribution in [0.2, 0.25) is 0 Å². The van der Waals surface area contributed by atoms with Crippen molar-refractivity contribution < 1.29 is 28.7 Å². The first-order valence-electron chi connectivity index (χ1n) is 16.1. The van der Waals surface area contributed by atoms with E-state index >= 15 is 0 Å². The van der Waals surface area contributed by atoms with Gasteiger partial charge in [0.05, 0.1) is 24.3 Å². The van der Waals surface area contributed by atoms with Crippen molar-refractivity contribution in [3.8, 4) is 5.75 Å². The standard InChI is InChI=1S/C31H49BN6O7/c1-20(2)17-26(32-44-25-19-21-18-24(30(21,3)4)31(25,5)45-32)36-28(40)23(13-9-15-34-29(33)37-38(41)42)35-27(39)14-10-16-43-22-11-7-6-8-12-22/h6-8,11-12,20-21,23-26H,9-10,13-19H2,1-5H3,(H,35,39)(H,36,40)(H3,33,34,37)/t21-,23+,24-,25-,26+,31+/m1/s1. The molecule has 1 saturated heterocycles. The average Bonchev–Trinajstić information content (AvgIpc) is 3.33. The number of hydrazine groups is 1. The van der Waals surface area contributed by atoms with Gasteiger partial charge in [0.2, 0.25) is 11.8 Å². The van der Waals surface area contributed by atoms with Gasteiger partial charge in [-0.15, -0.1) is 0 Å². The summed E-state index contributed by atoms with van der Waals surface area (Å²) in [4.78, 5) is 41.2. The molecular formula is C31H49BN6O7. The third-order valence-corrected chi connectivity index (χ3v) is 9.70. The third-order valence-electron chi connectivity index (χ3n) is 9.70. The van der Waals surface area contributed by atoms with Crippen molar-refractivity contribution in [1.29, 1.82) is 0 Å². The number of ether oxygens (including phenoxy) is 1. The van der Waals surface area contributed by atoms with E-state index in [0.717, 1.165) is 18.6 Å². The number of carbonyl (C=O) groups is 2. The highest BCUT2D eigenvalue weighted by molar-refractivity contribution is 6.48. The lowest BCUT2D eigenvalue weighted by molar-refractivity contribution is -0.525. The summed E-state index contributed by atoms with van der Waals surface area (Å²) in [6.45, 7) is 11.4. The predicted molar refractivity (Wildman–Crippen MR) is 170 cm³/mol. The van der Waals surface area contributed by atoms with Gasteiger partial charge in [0.15, 0.2) is 5.03 Å². The first kappa shape index (κ1) is 34.5. The van der Waals surface area contributed by atoms with E-state index in [1.807, 2.05) is 30.3 Å². The summed E-state index contributed by atoms with van der Waals surface area (Å²) in [5, 5.41) is 15.8. The number of para-hydroxylation sites is 1. The number of nitro groups is 1. The highest BCUT2D eigenvalue weighted by Gasteiger charge is 2.68. The van der Waals surface area contributed by atoms with Crippen molar-refractivity contribution in [1.82, 2.24) is 16.1 Å². The van der Waals surface area contributed by atoms with E-state index in [4.69, 9.17) is 19.8 Å². The Morgan fingerprint density at radius 3 is 2.58 bits per heavy atom. The molecule has 3 saturated carbocycles. The quantitative estimate of drug-likeness (QED) is 0.0535. The predicted octanol–water partition coefficient (Wildman–Crippen LogP) is 3.01. The fourth-order valence-corrected chi connectivity index (χ4v) is 7.20. The molecule has 1 aromatic carbocycles. The van der Waals surface area contributed by atoms with Gasteiger partial charge >= 0.3 is 7.12 Å². The molecule has 0 radical (unpaired) electrons. The summed E-state index contributed by atoms with van der Waals surface area (Å²) >= 11 is 0. The van der Waals surface area contributed by atoms with Crippen LogP contribution < -0.4 is 26.5 Å². The zero-order valence-corrected chi connectivity index (χ0v) is 27.1. The van der Waals surface area contributed by atoms with E-state index in [1.54, 1.807) is 5.43 Å². The maximum atomic E-state index is 13.8. The van der Waals surface area contributed by atoms with E-state index in [1.165, 1.54) is 0 Å². The van der Waals surface area contributed by atoms with E-state index in [0.29, 0.717) is 37.7 Å². The molecule has 5 N–H and O–H groups in total. The Kier molecular flexibility index (Phi) is 11.3. The van der Waals surface area contributed by atoms with Gasteiger partial charge in [-0.25, -0.2) is 15.1 Å². The lowest BCUT2D eigenvalue weighted by Gasteiger charge is -2.64. The fraction of sp³-hybridized carbons (Fsp3) is 0.710. The zero-order valence-electron chi connectivity index (χ0n) is 27.1. The first-order chi connectivity index (χ1) is 21.3. The molecule has 3 aliphatic carbocycles. The number of aliphatic imine (C=N–C) groups is 1. The SMILES string of the molecule is CC(C)C[C@H](NC(=O)[C@H](CCCN=C(N)N[N+](=O)[O-])NC(=O)CCCOc1ccccc1)B1O[C@@H]2C[C@H]3C[C@H](C3(C)C)[C@]2(C)O1. The molecule has 13 nitrogen and oxygen atoms in total. The normalized spacial score (nSPS) is 26.3. The van der Waals surface area contributed by atoms with Gasteiger partial charge in [0.25, 0.3) is 5.96 Å². The number of hydrogen-bond donors (Lipinski definition) is 4. The Hall–Kier alpha value is -3.39. The Morgan fingerprint density at radius 1 is 1.18 bits per heavy atom. The summed E-state index contributed by atoms with van der Waals surface area (Å²) in [6.07, 6.45) is 3.97. The van der Waals surface area contributed by atoms with Crippen LogP contribution >= 0.6 is 0 Å². The summed E-state index contributed by atoms with van der Waals surface area (Å²) in [7, 11) is -0.592. The van der Waals surface area contributed by atoms with Crippen LogP contribution in [-0.4, -0.2) is 66.8 Å². The number of nitrogens with zero attached hydrogens (tertiary/aromatic N) is 2. The van der Waals surface area contributed by atoms with E-state index in [-0.39, 0.29) is 54.6 Å². The Labute approximate surface area is 266 Å². The third kappa shape index (κ3) is 8.66. The molecule has 1 heterocycles. The van der Waals surface area contributed by atoms with Crippen molar-refractivity contribution >= 4 is 24.9 Å². The van der Waals surface area contributed by atoms with Gasteiger partial charge in [0.1, 0.15) is 11.8 Å². The van der Waals surface area contributed by atoms with Crippen LogP contribution in [0.4, 0.5) is 0 Å². The number of carbonyl (C=O) groups excluding carboxylic acids is 2. The van der Waals surface area contributed by atoms with Crippen LogP contribution in [0, 0.1) is 33.3 Å². The molecule has 45 heavy (non-hydrogen) atoms. The molecule has 4 aliphatic rings. The maximum Gasteiger partial charge on any atom is 0.481 e. The number of hydrogen-bond acceptors (Lipinski definition) is 8. The second kappa shape index (κ2) is 14.8. The van der Waals surface area contributed by atoms with Crippen LogP contribution in [0.25, 0.3) is 0 Å². The lowest BCUT2D eigenvalue weighted by atomic mass is 9.43. The summed E-state index contributed by atoms with van der Waals surface area (Å²) < 4.78 is 18.9. The Balaban J connectivity index is 1.38. The summed E-state index contributed by atoms with van der Waals surface area (Å²) in [6, 6.07) is 8.50. The van der Waals surface area contributed by atoms with Crippen molar-refractivity contribution in [2.45, 2.75) is 103 Å². The molecule has 2 amide bonds. The number of nitrogens with one attached hydrogen (secondary N) is 3. The largest absolute Gasteiger partial charge is 0.494 e. The molecule has 0 spiro atoms. The van der Waals surface area contributed by atoms with Crippen LogP contribution in [0.5, 0.6) is 5.75 Å². The van der Waals surface area contributed by atoms with Crippen molar-refractivity contribution in [3.05, 3.63) is 40.4 Å². The highest BCUT2D eigenvalue weighted by atomic mass is 16.7. The molecule has 248 valence electrons. The second-order valence-electron chi connectivity index (χ2n) is 13.7. The maximum absolute atomic E-state index is 13.8. The van der Waals surface area contributed by atoms with Crippen molar-refractivity contribution in [3.63, 3.8) is 0 Å². The van der Waals surface area contributed by atoms with Gasteiger partial charge in [0, 0.05) is 13.0 Å². The van der Waals surface area contributed by atoms with Crippen LogP contribution in [0.1, 0.15) is 79.6 Å². The topological polar surface area (TPSA) is 179 Å². The van der Waals surface area contributed by atoms with Crippen LogP contribution in [0.15, 0.2) is 35.3 Å². The van der Waals surface area contributed by atoms with Gasteiger partial charge < -0.3 is 30.4 Å². The van der Waals surface area contributed by atoms with Crippen LogP contribution in [0.3, 0.4) is 0 Å². The van der Waals surface area contributed by atoms with Gasteiger partial charge in [-0.05, 0) is 80.8 Å². The van der Waals surface area contributed by atoms with Gasteiger partial charge in [-0.3, -0.25) is 9.59 Å². The minimum Gasteiger partial charge on any atom is -0.494 e. The Bertz CT molecular complexity index is 1220. The minimum atomic E-state index is -0.854. The second-order valence-corrected chi connectivity index (χ2v) is 13.7. The molecular weight excluding hydrogens is 579 g/mol. The smallest absolute Gasteiger partial charge is 0.481 e. The van der Waals surface area contributed by atoms with E-state index in [9.17, 15) is 19.7 Å². The number of amides is 2. The molecule has 0 unspecified atom stereocenters. The van der Waals surface area contributed by atoms with Crippen molar-refractivity contribution in [2.24, 2.45) is 33.9 Å². The lowest BCUT2D eigenvalue weighted by Crippen LogP contribution is -2.65. The average molecular weight is 629 g/mol. The molecule has 5 rings (SSSR count). The molecule has 2 bridgehead atoms. The molecule has 0 aromatic heterocycles. The monoisotopic (exact) mass is 628 g/mol. The molecule has 1 aliphatic heterocycles. The number of nitrogens with two attached hydrogens (primary N) is 1. The fourth-order valence-electron chi connectivity index (χ4n) is 7.20. The minimum absolute atomic E-state index is 0.0180. The molecule has 6 atom stereocenters.